The molecule has 0 spiro atoms. The van der Waals surface area contributed by atoms with Crippen LogP contribution >= 0.6 is 0 Å². The van der Waals surface area contributed by atoms with Crippen molar-refractivity contribution in [2.75, 3.05) is 0 Å². The van der Waals surface area contributed by atoms with Gasteiger partial charge in [-0.25, -0.2) is 0 Å². The van der Waals surface area contributed by atoms with Gasteiger partial charge in [-0.05, 0) is 43.4 Å². The minimum absolute atomic E-state index is 0.0918. The molecule has 0 aromatic rings. The predicted octanol–water partition coefficient (Wildman–Crippen LogP) is 1.92. The summed E-state index contributed by atoms with van der Waals surface area (Å²) >= 11 is 0. The Labute approximate surface area is 133 Å². The molecular formula is C17H31NO4. The summed E-state index contributed by atoms with van der Waals surface area (Å²) in [6, 6.07) is 0. The molecule has 2 aliphatic carbocycles. The summed E-state index contributed by atoms with van der Waals surface area (Å²) in [5.74, 6) is 1.61. The van der Waals surface area contributed by atoms with Crippen molar-refractivity contribution < 1.29 is 20.2 Å². The highest BCUT2D eigenvalue weighted by molar-refractivity contribution is 5.04. The Morgan fingerprint density at radius 1 is 1.09 bits per heavy atom. The third kappa shape index (κ3) is 2.61. The Balaban J connectivity index is 1.68. The molecule has 0 amide bonds. The van der Waals surface area contributed by atoms with Crippen LogP contribution in [0.25, 0.3) is 0 Å². The molecule has 2 bridgehead atoms. The minimum Gasteiger partial charge on any atom is -0.376 e. The number of aliphatic hydroxyl groups excluding tert-OH is 3. The third-order valence-electron chi connectivity index (χ3n) is 6.08. The molecule has 7 unspecified atom stereocenters. The SMILES string of the molecule is CC(C)CC(C)(C)C(O)ON1C(O)C2C3CCC(C3)C2C1O. The van der Waals surface area contributed by atoms with E-state index < -0.39 is 24.2 Å². The van der Waals surface area contributed by atoms with Crippen molar-refractivity contribution in [1.29, 1.82) is 0 Å². The van der Waals surface area contributed by atoms with E-state index in [0.29, 0.717) is 17.8 Å². The van der Waals surface area contributed by atoms with E-state index in [2.05, 4.69) is 13.8 Å². The van der Waals surface area contributed by atoms with E-state index >= 15 is 0 Å². The van der Waals surface area contributed by atoms with Gasteiger partial charge in [0.15, 0.2) is 6.29 Å². The van der Waals surface area contributed by atoms with Crippen LogP contribution in [0.5, 0.6) is 0 Å². The van der Waals surface area contributed by atoms with E-state index in [-0.39, 0.29) is 11.8 Å². The van der Waals surface area contributed by atoms with Crippen LogP contribution in [0.3, 0.4) is 0 Å². The highest BCUT2D eigenvalue weighted by atomic mass is 16.8. The van der Waals surface area contributed by atoms with Gasteiger partial charge in [0.25, 0.3) is 0 Å². The zero-order chi connectivity index (χ0) is 16.2. The fourth-order valence-electron chi connectivity index (χ4n) is 5.30. The maximum atomic E-state index is 10.6. The highest BCUT2D eigenvalue weighted by Gasteiger charge is 2.61. The summed E-state index contributed by atoms with van der Waals surface area (Å²) < 4.78 is 0. The number of hydrogen-bond donors (Lipinski definition) is 3. The van der Waals surface area contributed by atoms with Crippen molar-refractivity contribution in [2.45, 2.75) is 72.1 Å². The van der Waals surface area contributed by atoms with Gasteiger partial charge in [0.2, 0.25) is 0 Å². The van der Waals surface area contributed by atoms with Crippen molar-refractivity contribution in [3.05, 3.63) is 0 Å². The summed E-state index contributed by atoms with van der Waals surface area (Å²) in [5.41, 5.74) is -0.426. The Kier molecular flexibility index (Phi) is 4.32. The second-order valence-corrected chi connectivity index (χ2v) is 8.72. The van der Waals surface area contributed by atoms with Crippen LogP contribution in [0.4, 0.5) is 0 Å². The van der Waals surface area contributed by atoms with Gasteiger partial charge in [-0.3, -0.25) is 4.84 Å². The molecule has 0 aromatic heterocycles. The molecule has 1 saturated heterocycles. The molecule has 0 aromatic carbocycles. The van der Waals surface area contributed by atoms with Crippen molar-refractivity contribution in [3.63, 3.8) is 0 Å². The minimum atomic E-state index is -1.03. The monoisotopic (exact) mass is 313 g/mol. The first-order valence-corrected chi connectivity index (χ1v) is 8.71. The molecule has 3 fully saturated rings. The lowest BCUT2D eigenvalue weighted by atomic mass is 9.80. The molecule has 1 aliphatic heterocycles. The number of nitrogens with zero attached hydrogens (tertiary/aromatic N) is 1. The molecule has 3 rings (SSSR count). The smallest absolute Gasteiger partial charge is 0.180 e. The maximum absolute atomic E-state index is 10.6. The average molecular weight is 313 g/mol. The van der Waals surface area contributed by atoms with Crippen molar-refractivity contribution >= 4 is 0 Å². The molecule has 3 N–H and O–H groups in total. The maximum Gasteiger partial charge on any atom is 0.180 e. The fourth-order valence-corrected chi connectivity index (χ4v) is 5.30. The molecule has 0 radical (unpaired) electrons. The molecule has 128 valence electrons. The Morgan fingerprint density at radius 3 is 2.05 bits per heavy atom. The Hall–Kier alpha value is -0.200. The number of hydrogen-bond acceptors (Lipinski definition) is 5. The van der Waals surface area contributed by atoms with Gasteiger partial charge < -0.3 is 15.3 Å². The van der Waals surface area contributed by atoms with E-state index in [4.69, 9.17) is 4.84 Å². The normalized spacial score (nSPS) is 43.1. The van der Waals surface area contributed by atoms with Crippen molar-refractivity contribution in [3.8, 4) is 0 Å². The Bertz CT molecular complexity index is 391. The number of aliphatic hydroxyl groups is 3. The molecule has 7 atom stereocenters. The second kappa shape index (κ2) is 5.71. The number of fused-ring (bicyclic) bond motifs is 5. The average Bonchev–Trinajstić information content (AvgIpc) is 3.06. The summed E-state index contributed by atoms with van der Waals surface area (Å²) in [4.78, 5) is 5.65. The van der Waals surface area contributed by atoms with Crippen LogP contribution < -0.4 is 0 Å². The molecule has 1 heterocycles. The Morgan fingerprint density at radius 2 is 1.59 bits per heavy atom. The number of rotatable bonds is 5. The molecular weight excluding hydrogens is 282 g/mol. The van der Waals surface area contributed by atoms with Crippen LogP contribution in [-0.4, -0.2) is 39.1 Å². The first-order valence-electron chi connectivity index (χ1n) is 8.71. The predicted molar refractivity (Wildman–Crippen MR) is 82.0 cm³/mol. The summed E-state index contributed by atoms with van der Waals surface area (Å²) in [5, 5.41) is 32.9. The van der Waals surface area contributed by atoms with Gasteiger partial charge in [0, 0.05) is 17.3 Å². The van der Waals surface area contributed by atoms with Gasteiger partial charge in [-0.1, -0.05) is 27.7 Å². The quantitative estimate of drug-likeness (QED) is 0.676. The van der Waals surface area contributed by atoms with Crippen LogP contribution in [0.2, 0.25) is 0 Å². The lowest BCUT2D eigenvalue weighted by Gasteiger charge is -2.36. The van der Waals surface area contributed by atoms with Crippen LogP contribution in [0.1, 0.15) is 53.4 Å². The van der Waals surface area contributed by atoms with Gasteiger partial charge in [-0.2, -0.15) is 0 Å². The van der Waals surface area contributed by atoms with E-state index in [1.807, 2.05) is 13.8 Å². The van der Waals surface area contributed by atoms with Crippen molar-refractivity contribution in [1.82, 2.24) is 5.06 Å². The molecule has 3 aliphatic rings. The van der Waals surface area contributed by atoms with E-state index in [1.165, 1.54) is 5.06 Å². The summed E-state index contributed by atoms with van der Waals surface area (Å²) in [6.45, 7) is 8.13. The largest absolute Gasteiger partial charge is 0.376 e. The van der Waals surface area contributed by atoms with Crippen LogP contribution in [-0.2, 0) is 4.84 Å². The van der Waals surface area contributed by atoms with Crippen molar-refractivity contribution in [2.24, 2.45) is 35.0 Å². The lowest BCUT2D eigenvalue weighted by Crippen LogP contribution is -2.46. The number of hydroxylamine groups is 2. The summed E-state index contributed by atoms with van der Waals surface area (Å²) in [7, 11) is 0. The third-order valence-corrected chi connectivity index (χ3v) is 6.08. The van der Waals surface area contributed by atoms with Gasteiger partial charge >= 0.3 is 0 Å². The van der Waals surface area contributed by atoms with Crippen LogP contribution in [0, 0.1) is 35.0 Å². The molecule has 5 heteroatoms. The standard InChI is InChI=1S/C17H31NO4/c1-9(2)8-17(3,4)16(21)22-18-14(19)12-10-5-6-11(7-10)13(12)15(18)20/h9-16,19-21H,5-8H2,1-4H3. The zero-order valence-electron chi connectivity index (χ0n) is 14.1. The molecule has 5 nitrogen and oxygen atoms in total. The van der Waals surface area contributed by atoms with E-state index in [9.17, 15) is 15.3 Å². The van der Waals surface area contributed by atoms with Gasteiger partial charge in [0.05, 0.1) is 0 Å². The molecule has 2 saturated carbocycles. The van der Waals surface area contributed by atoms with Gasteiger partial charge in [-0.15, -0.1) is 5.06 Å². The van der Waals surface area contributed by atoms with Gasteiger partial charge in [0.1, 0.15) is 12.5 Å². The lowest BCUT2D eigenvalue weighted by molar-refractivity contribution is -0.364. The first kappa shape index (κ1) is 16.7. The molecule has 22 heavy (non-hydrogen) atoms. The van der Waals surface area contributed by atoms with Crippen LogP contribution in [0.15, 0.2) is 0 Å². The fraction of sp³-hybridized carbons (Fsp3) is 1.00. The summed E-state index contributed by atoms with van der Waals surface area (Å²) in [6.07, 6.45) is 1.58. The van der Waals surface area contributed by atoms with E-state index in [0.717, 1.165) is 25.7 Å². The first-order chi connectivity index (χ1) is 10.2. The topological polar surface area (TPSA) is 73.2 Å². The zero-order valence-corrected chi connectivity index (χ0v) is 14.1. The highest BCUT2D eigenvalue weighted by Crippen LogP contribution is 2.58. The van der Waals surface area contributed by atoms with E-state index in [1.54, 1.807) is 0 Å². The second-order valence-electron chi connectivity index (χ2n) is 8.72.